The van der Waals surface area contributed by atoms with Crippen LogP contribution in [0.1, 0.15) is 18.8 Å². The molecular formula is C17H16Cl2N10O. The Labute approximate surface area is 179 Å². The molecule has 3 aromatic heterocycles. The van der Waals surface area contributed by atoms with Crippen molar-refractivity contribution in [3.8, 4) is 5.82 Å². The summed E-state index contributed by atoms with van der Waals surface area (Å²) in [5.74, 6) is 1.01. The zero-order chi connectivity index (χ0) is 21.6. The van der Waals surface area contributed by atoms with E-state index in [0.717, 1.165) is 0 Å². The summed E-state index contributed by atoms with van der Waals surface area (Å²) < 4.78 is 1.31. The van der Waals surface area contributed by atoms with Gasteiger partial charge in [0.15, 0.2) is 11.6 Å². The predicted octanol–water partition coefficient (Wildman–Crippen LogP) is 2.13. The van der Waals surface area contributed by atoms with E-state index in [1.54, 1.807) is 25.1 Å². The van der Waals surface area contributed by atoms with Gasteiger partial charge in [-0.2, -0.15) is 15.1 Å². The van der Waals surface area contributed by atoms with Gasteiger partial charge in [0.1, 0.15) is 22.5 Å². The van der Waals surface area contributed by atoms with Crippen LogP contribution in [0.3, 0.4) is 0 Å². The number of nitrogen functional groups attached to an aromatic ring is 3. The van der Waals surface area contributed by atoms with Crippen molar-refractivity contribution in [1.82, 2.24) is 29.7 Å². The molecule has 154 valence electrons. The minimum absolute atomic E-state index is 0.0228. The molecule has 0 aliphatic heterocycles. The van der Waals surface area contributed by atoms with Crippen LogP contribution in [0.2, 0.25) is 10.0 Å². The van der Waals surface area contributed by atoms with Crippen LogP contribution >= 0.6 is 23.2 Å². The minimum atomic E-state index is -0.579. The molecule has 0 radical (unpaired) electrons. The standard InChI is InChI=1S/C17H16Cl2N10O/c1-6(23-14-12(19)13(21)25-17(22)26-14)15-24-8-4-2-3-7(18)11(8)16(30)29(15)10-5-9(20)27-28-10/h2-6H,1H3,(H3,20,27,28)(H5,21,22,23,25,26)/t6-/m0/s1. The third kappa shape index (κ3) is 3.33. The number of nitrogens with one attached hydrogen (secondary N) is 2. The number of rotatable bonds is 4. The van der Waals surface area contributed by atoms with Gasteiger partial charge in [0.25, 0.3) is 5.56 Å². The minimum Gasteiger partial charge on any atom is -0.384 e. The van der Waals surface area contributed by atoms with E-state index in [-0.39, 0.29) is 44.7 Å². The molecule has 8 N–H and O–H groups in total. The van der Waals surface area contributed by atoms with Crippen molar-refractivity contribution in [2.45, 2.75) is 13.0 Å². The second-order valence-electron chi connectivity index (χ2n) is 6.42. The van der Waals surface area contributed by atoms with E-state index < -0.39 is 11.6 Å². The number of hydrogen-bond donors (Lipinski definition) is 5. The molecule has 0 aliphatic carbocycles. The Morgan fingerprint density at radius 2 is 1.93 bits per heavy atom. The number of aromatic amines is 1. The van der Waals surface area contributed by atoms with Crippen LogP contribution in [0.15, 0.2) is 29.1 Å². The molecule has 0 amide bonds. The Balaban J connectivity index is 1.92. The van der Waals surface area contributed by atoms with Crippen LogP contribution in [0.25, 0.3) is 16.7 Å². The lowest BCUT2D eigenvalue weighted by molar-refractivity contribution is 0.720. The number of hydrogen-bond acceptors (Lipinski definition) is 9. The molecule has 4 aromatic rings. The molecule has 30 heavy (non-hydrogen) atoms. The second-order valence-corrected chi connectivity index (χ2v) is 7.21. The van der Waals surface area contributed by atoms with Crippen molar-refractivity contribution in [2.75, 3.05) is 22.5 Å². The molecule has 3 heterocycles. The lowest BCUT2D eigenvalue weighted by Crippen LogP contribution is -2.28. The van der Waals surface area contributed by atoms with Gasteiger partial charge in [-0.3, -0.25) is 9.89 Å². The monoisotopic (exact) mass is 446 g/mol. The molecule has 0 spiro atoms. The zero-order valence-corrected chi connectivity index (χ0v) is 17.0. The number of nitrogens with two attached hydrogens (primary N) is 3. The zero-order valence-electron chi connectivity index (χ0n) is 15.5. The SMILES string of the molecule is C[C@H](Nc1nc(N)nc(N)c1Cl)c1nc2cccc(Cl)c2c(=O)n1-c1cc(N)[nH]n1. The number of benzene rings is 1. The summed E-state index contributed by atoms with van der Waals surface area (Å²) in [4.78, 5) is 25.8. The normalized spacial score (nSPS) is 12.2. The summed E-state index contributed by atoms with van der Waals surface area (Å²) in [6.07, 6.45) is 0. The summed E-state index contributed by atoms with van der Waals surface area (Å²) in [6, 6.07) is 5.94. The Hall–Kier alpha value is -3.57. The number of aromatic nitrogens is 6. The average molecular weight is 447 g/mol. The first-order valence-electron chi connectivity index (χ1n) is 8.63. The van der Waals surface area contributed by atoms with Gasteiger partial charge in [-0.15, -0.1) is 0 Å². The number of H-pyrrole nitrogens is 1. The van der Waals surface area contributed by atoms with Crippen molar-refractivity contribution in [3.05, 3.63) is 50.5 Å². The molecule has 1 aromatic carbocycles. The van der Waals surface area contributed by atoms with E-state index >= 15 is 0 Å². The van der Waals surface area contributed by atoms with Gasteiger partial charge < -0.3 is 22.5 Å². The largest absolute Gasteiger partial charge is 0.384 e. The second kappa shape index (κ2) is 7.35. The highest BCUT2D eigenvalue weighted by molar-refractivity contribution is 6.35. The molecular weight excluding hydrogens is 431 g/mol. The molecule has 0 aliphatic rings. The van der Waals surface area contributed by atoms with E-state index in [1.165, 1.54) is 10.6 Å². The Kier molecular flexibility index (Phi) is 4.84. The van der Waals surface area contributed by atoms with E-state index in [4.69, 9.17) is 40.4 Å². The molecule has 4 rings (SSSR count). The molecule has 11 nitrogen and oxygen atoms in total. The summed E-state index contributed by atoms with van der Waals surface area (Å²) in [5, 5.41) is 10.4. The fourth-order valence-corrected chi connectivity index (χ4v) is 3.40. The smallest absolute Gasteiger partial charge is 0.268 e. The summed E-state index contributed by atoms with van der Waals surface area (Å²) >= 11 is 12.5. The predicted molar refractivity (Wildman–Crippen MR) is 117 cm³/mol. The summed E-state index contributed by atoms with van der Waals surface area (Å²) in [6.45, 7) is 1.76. The highest BCUT2D eigenvalue weighted by atomic mass is 35.5. The molecule has 0 bridgehead atoms. The number of nitrogens with zero attached hydrogens (tertiary/aromatic N) is 5. The Morgan fingerprint density at radius 3 is 2.63 bits per heavy atom. The summed E-state index contributed by atoms with van der Waals surface area (Å²) in [5.41, 5.74) is 17.2. The van der Waals surface area contributed by atoms with Crippen LogP contribution in [0.5, 0.6) is 0 Å². The molecule has 0 unspecified atom stereocenters. The van der Waals surface area contributed by atoms with Crippen molar-refractivity contribution < 1.29 is 0 Å². The van der Waals surface area contributed by atoms with Crippen LogP contribution < -0.4 is 28.1 Å². The van der Waals surface area contributed by atoms with Gasteiger partial charge in [-0.25, -0.2) is 9.55 Å². The third-order valence-corrected chi connectivity index (χ3v) is 5.01. The van der Waals surface area contributed by atoms with Crippen molar-refractivity contribution in [3.63, 3.8) is 0 Å². The van der Waals surface area contributed by atoms with Gasteiger partial charge in [-0.05, 0) is 19.1 Å². The van der Waals surface area contributed by atoms with Gasteiger partial charge in [0.05, 0.1) is 22.0 Å². The quantitative estimate of drug-likeness (QED) is 0.313. The van der Waals surface area contributed by atoms with Crippen LogP contribution in [-0.4, -0.2) is 29.7 Å². The molecule has 0 fully saturated rings. The lowest BCUT2D eigenvalue weighted by Gasteiger charge is -2.20. The first-order chi connectivity index (χ1) is 14.3. The van der Waals surface area contributed by atoms with Crippen LogP contribution in [0.4, 0.5) is 23.4 Å². The number of halogens is 2. The number of anilines is 4. The lowest BCUT2D eigenvalue weighted by atomic mass is 10.2. The van der Waals surface area contributed by atoms with Gasteiger partial charge in [-0.1, -0.05) is 29.3 Å². The van der Waals surface area contributed by atoms with Crippen molar-refractivity contribution >= 4 is 57.5 Å². The topological polar surface area (TPSA) is 179 Å². The fraction of sp³-hybridized carbons (Fsp3) is 0.118. The highest BCUT2D eigenvalue weighted by Crippen LogP contribution is 2.29. The van der Waals surface area contributed by atoms with Crippen molar-refractivity contribution in [1.29, 1.82) is 0 Å². The third-order valence-electron chi connectivity index (χ3n) is 4.32. The highest BCUT2D eigenvalue weighted by Gasteiger charge is 2.22. The molecule has 13 heteroatoms. The fourth-order valence-electron chi connectivity index (χ4n) is 3.01. The van der Waals surface area contributed by atoms with E-state index in [1.807, 2.05) is 0 Å². The Bertz CT molecular complexity index is 1330. The summed E-state index contributed by atoms with van der Waals surface area (Å²) in [7, 11) is 0. The number of fused-ring (bicyclic) bond motifs is 1. The maximum atomic E-state index is 13.3. The maximum absolute atomic E-state index is 13.3. The van der Waals surface area contributed by atoms with Gasteiger partial charge in [0.2, 0.25) is 5.95 Å². The average Bonchev–Trinajstić information content (AvgIpc) is 3.11. The maximum Gasteiger partial charge on any atom is 0.268 e. The Morgan fingerprint density at radius 1 is 1.17 bits per heavy atom. The first-order valence-corrected chi connectivity index (χ1v) is 9.39. The van der Waals surface area contributed by atoms with E-state index in [9.17, 15) is 4.79 Å². The van der Waals surface area contributed by atoms with Crippen molar-refractivity contribution in [2.24, 2.45) is 0 Å². The van der Waals surface area contributed by atoms with E-state index in [2.05, 4.69) is 30.5 Å². The van der Waals surface area contributed by atoms with Gasteiger partial charge in [0, 0.05) is 6.07 Å². The first kappa shape index (κ1) is 19.7. The van der Waals surface area contributed by atoms with Crippen LogP contribution in [-0.2, 0) is 0 Å². The molecule has 0 saturated heterocycles. The van der Waals surface area contributed by atoms with Gasteiger partial charge >= 0.3 is 0 Å². The van der Waals surface area contributed by atoms with E-state index in [0.29, 0.717) is 11.3 Å². The molecule has 1 atom stereocenters. The molecule has 0 saturated carbocycles. The van der Waals surface area contributed by atoms with Crippen LogP contribution in [0, 0.1) is 0 Å².